The second-order valence-corrected chi connectivity index (χ2v) is 6.03. The molecule has 0 saturated heterocycles. The Kier molecular flexibility index (Phi) is 4.20. The zero-order chi connectivity index (χ0) is 16.4. The summed E-state index contributed by atoms with van der Waals surface area (Å²) in [5, 5.41) is 1.06. The highest BCUT2D eigenvalue weighted by Gasteiger charge is 2.12. The molecule has 2 heterocycles. The number of aryl methyl sites for hydroxylation is 1. The van der Waals surface area contributed by atoms with E-state index in [1.807, 2.05) is 6.07 Å². The average Bonchev–Trinajstić information content (AvgIpc) is 2.84. The molecule has 0 amide bonds. The first kappa shape index (κ1) is 15.3. The molecule has 3 nitrogen and oxygen atoms in total. The van der Waals surface area contributed by atoms with E-state index in [4.69, 9.17) is 4.74 Å². The number of nitrogens with zero attached hydrogens (tertiary/aromatic N) is 2. The van der Waals surface area contributed by atoms with Crippen molar-refractivity contribution in [3.8, 4) is 5.88 Å². The van der Waals surface area contributed by atoms with Gasteiger partial charge in [-0.2, -0.15) is 0 Å². The SMILES string of the molecule is C=C(C)Cc1ccccc1Cn1c(C)cc2c(OC)nccc21. The molecule has 0 aliphatic heterocycles. The fourth-order valence-electron chi connectivity index (χ4n) is 3.04. The van der Waals surface area contributed by atoms with Crippen LogP contribution in [-0.2, 0) is 13.0 Å². The lowest BCUT2D eigenvalue weighted by molar-refractivity contribution is 0.403. The highest BCUT2D eigenvalue weighted by atomic mass is 16.5. The van der Waals surface area contributed by atoms with Gasteiger partial charge < -0.3 is 9.30 Å². The van der Waals surface area contributed by atoms with Crippen LogP contribution in [0.4, 0.5) is 0 Å². The van der Waals surface area contributed by atoms with E-state index in [9.17, 15) is 0 Å². The van der Waals surface area contributed by atoms with Crippen molar-refractivity contribution in [2.24, 2.45) is 0 Å². The van der Waals surface area contributed by atoms with E-state index in [1.54, 1.807) is 13.3 Å². The minimum Gasteiger partial charge on any atom is -0.481 e. The summed E-state index contributed by atoms with van der Waals surface area (Å²) in [7, 11) is 1.66. The summed E-state index contributed by atoms with van der Waals surface area (Å²) < 4.78 is 7.70. The molecule has 0 atom stereocenters. The maximum absolute atomic E-state index is 5.39. The Morgan fingerprint density at radius 3 is 2.65 bits per heavy atom. The average molecular weight is 306 g/mol. The molecule has 3 heteroatoms. The second-order valence-electron chi connectivity index (χ2n) is 6.03. The maximum atomic E-state index is 5.39. The van der Waals surface area contributed by atoms with Crippen LogP contribution in [-0.4, -0.2) is 16.7 Å². The summed E-state index contributed by atoms with van der Waals surface area (Å²) >= 11 is 0. The summed E-state index contributed by atoms with van der Waals surface area (Å²) in [6, 6.07) is 12.8. The van der Waals surface area contributed by atoms with Gasteiger partial charge in [0.05, 0.1) is 18.0 Å². The van der Waals surface area contributed by atoms with Crippen molar-refractivity contribution >= 4 is 10.9 Å². The number of pyridine rings is 1. The lowest BCUT2D eigenvalue weighted by Crippen LogP contribution is -2.05. The smallest absolute Gasteiger partial charge is 0.222 e. The fourth-order valence-corrected chi connectivity index (χ4v) is 3.04. The molecule has 0 saturated carbocycles. The van der Waals surface area contributed by atoms with Gasteiger partial charge in [0.15, 0.2) is 0 Å². The number of fused-ring (bicyclic) bond motifs is 1. The van der Waals surface area contributed by atoms with Gasteiger partial charge in [-0.15, -0.1) is 0 Å². The second kappa shape index (κ2) is 6.29. The minimum atomic E-state index is 0.680. The summed E-state index contributed by atoms with van der Waals surface area (Å²) in [6.07, 6.45) is 2.72. The van der Waals surface area contributed by atoms with Crippen molar-refractivity contribution in [2.75, 3.05) is 7.11 Å². The van der Waals surface area contributed by atoms with Crippen molar-refractivity contribution in [3.05, 3.63) is 71.6 Å². The molecule has 0 radical (unpaired) electrons. The first-order valence-electron chi connectivity index (χ1n) is 7.80. The summed E-state index contributed by atoms with van der Waals surface area (Å²) in [4.78, 5) is 4.30. The zero-order valence-electron chi connectivity index (χ0n) is 14.0. The van der Waals surface area contributed by atoms with Crippen molar-refractivity contribution in [1.82, 2.24) is 9.55 Å². The van der Waals surface area contributed by atoms with Crippen LogP contribution in [0.25, 0.3) is 10.9 Å². The molecule has 0 unspecified atom stereocenters. The van der Waals surface area contributed by atoms with Crippen molar-refractivity contribution in [3.63, 3.8) is 0 Å². The summed E-state index contributed by atoms with van der Waals surface area (Å²) in [5.41, 5.74) is 6.20. The van der Waals surface area contributed by atoms with Gasteiger partial charge in [-0.3, -0.25) is 0 Å². The molecule has 0 spiro atoms. The van der Waals surface area contributed by atoms with Gasteiger partial charge in [-0.05, 0) is 43.5 Å². The number of rotatable bonds is 5. The third-order valence-corrected chi connectivity index (χ3v) is 4.13. The summed E-state index contributed by atoms with van der Waals surface area (Å²) in [6.45, 7) is 9.09. The number of methoxy groups -OCH3 is 1. The highest BCUT2D eigenvalue weighted by Crippen LogP contribution is 2.27. The molecular weight excluding hydrogens is 284 g/mol. The van der Waals surface area contributed by atoms with E-state index in [0.29, 0.717) is 5.88 Å². The lowest BCUT2D eigenvalue weighted by atomic mass is 10.0. The first-order chi connectivity index (χ1) is 11.1. The van der Waals surface area contributed by atoms with Crippen LogP contribution in [0.2, 0.25) is 0 Å². The molecule has 3 rings (SSSR count). The predicted octanol–water partition coefficient (Wildman–Crippen LogP) is 4.52. The topological polar surface area (TPSA) is 27.1 Å². The molecule has 1 aromatic carbocycles. The van der Waals surface area contributed by atoms with Crippen LogP contribution in [0.15, 0.2) is 54.7 Å². The van der Waals surface area contributed by atoms with Crippen molar-refractivity contribution < 1.29 is 4.74 Å². The molecule has 0 aliphatic carbocycles. The molecule has 3 aromatic rings. The molecule has 118 valence electrons. The summed E-state index contributed by atoms with van der Waals surface area (Å²) in [5.74, 6) is 0.680. The number of aromatic nitrogens is 2. The Hall–Kier alpha value is -2.55. The molecule has 0 bridgehead atoms. The van der Waals surface area contributed by atoms with Crippen LogP contribution in [0.3, 0.4) is 0 Å². The first-order valence-corrected chi connectivity index (χ1v) is 7.80. The van der Waals surface area contributed by atoms with E-state index in [-0.39, 0.29) is 0 Å². The number of hydrogen-bond acceptors (Lipinski definition) is 2. The Morgan fingerprint density at radius 1 is 1.22 bits per heavy atom. The fraction of sp³-hybridized carbons (Fsp3) is 0.250. The van der Waals surface area contributed by atoms with Gasteiger partial charge in [0.25, 0.3) is 0 Å². The molecule has 0 fully saturated rings. The number of benzene rings is 1. The van der Waals surface area contributed by atoms with Crippen molar-refractivity contribution in [2.45, 2.75) is 26.8 Å². The molecule has 0 aliphatic rings. The van der Waals surface area contributed by atoms with E-state index in [0.717, 1.165) is 23.9 Å². The quantitative estimate of drug-likeness (QED) is 0.648. The standard InChI is InChI=1S/C20H22N2O/c1-14(2)11-16-7-5-6-8-17(16)13-22-15(3)12-18-19(22)9-10-21-20(18)23-4/h5-10,12H,1,11,13H2,2-4H3. The van der Waals surface area contributed by atoms with Gasteiger partial charge in [-0.25, -0.2) is 4.98 Å². The van der Waals surface area contributed by atoms with E-state index in [1.165, 1.54) is 22.4 Å². The normalized spacial score (nSPS) is 10.9. The predicted molar refractivity (Wildman–Crippen MR) is 95.1 cm³/mol. The number of ether oxygens (including phenoxy) is 1. The number of hydrogen-bond donors (Lipinski definition) is 0. The highest BCUT2D eigenvalue weighted by molar-refractivity contribution is 5.85. The molecule has 0 N–H and O–H groups in total. The van der Waals surface area contributed by atoms with Gasteiger partial charge in [0, 0.05) is 18.4 Å². The van der Waals surface area contributed by atoms with E-state index >= 15 is 0 Å². The third-order valence-electron chi connectivity index (χ3n) is 4.13. The van der Waals surface area contributed by atoms with Gasteiger partial charge in [0.2, 0.25) is 5.88 Å². The third kappa shape index (κ3) is 3.00. The van der Waals surface area contributed by atoms with E-state index in [2.05, 4.69) is 60.3 Å². The largest absolute Gasteiger partial charge is 0.481 e. The minimum absolute atomic E-state index is 0.680. The maximum Gasteiger partial charge on any atom is 0.222 e. The van der Waals surface area contributed by atoms with Gasteiger partial charge in [0.1, 0.15) is 0 Å². The van der Waals surface area contributed by atoms with Gasteiger partial charge >= 0.3 is 0 Å². The Bertz CT molecular complexity index is 861. The Morgan fingerprint density at radius 2 is 1.96 bits per heavy atom. The zero-order valence-corrected chi connectivity index (χ0v) is 14.0. The Balaban J connectivity index is 2.06. The monoisotopic (exact) mass is 306 g/mol. The van der Waals surface area contributed by atoms with Crippen molar-refractivity contribution in [1.29, 1.82) is 0 Å². The van der Waals surface area contributed by atoms with Crippen LogP contribution in [0.1, 0.15) is 23.7 Å². The van der Waals surface area contributed by atoms with Crippen LogP contribution in [0, 0.1) is 6.92 Å². The van der Waals surface area contributed by atoms with Gasteiger partial charge in [-0.1, -0.05) is 36.4 Å². The van der Waals surface area contributed by atoms with Crippen LogP contribution in [0.5, 0.6) is 5.88 Å². The molecule has 2 aromatic heterocycles. The molecule has 23 heavy (non-hydrogen) atoms. The number of allylic oxidation sites excluding steroid dienone is 1. The lowest BCUT2D eigenvalue weighted by Gasteiger charge is -2.13. The Labute approximate surface area is 137 Å². The van der Waals surface area contributed by atoms with E-state index < -0.39 is 0 Å². The van der Waals surface area contributed by atoms with Crippen LogP contribution >= 0.6 is 0 Å². The van der Waals surface area contributed by atoms with Crippen LogP contribution < -0.4 is 4.74 Å². The molecular formula is C20H22N2O.